The molecule has 0 saturated heterocycles. The maximum Gasteiger partial charge on any atom is 0.0958 e. The lowest BCUT2D eigenvalue weighted by Crippen LogP contribution is -2.09. The minimum Gasteiger partial charge on any atom is -0.319 e. The van der Waals surface area contributed by atoms with Gasteiger partial charge in [0.1, 0.15) is 0 Å². The Morgan fingerprint density at radius 1 is 1.40 bits per heavy atom. The lowest BCUT2D eigenvalue weighted by molar-refractivity contribution is 0.442. The molecule has 1 N–H and O–H groups in total. The van der Waals surface area contributed by atoms with Crippen LogP contribution in [0.15, 0.2) is 6.20 Å². The van der Waals surface area contributed by atoms with Crippen molar-refractivity contribution < 1.29 is 0 Å². The average molecular weight is 224 g/mol. The van der Waals surface area contributed by atoms with Gasteiger partial charge in [-0.05, 0) is 32.9 Å². The quantitative estimate of drug-likeness (QED) is 0.850. The Bertz CT molecular complexity index is 290. The molecule has 0 unspecified atom stereocenters. The van der Waals surface area contributed by atoms with Crippen LogP contribution in [-0.4, -0.2) is 18.6 Å². The van der Waals surface area contributed by atoms with E-state index in [0.29, 0.717) is 0 Å². The monoisotopic (exact) mass is 224 g/mol. The lowest BCUT2D eigenvalue weighted by Gasteiger charge is -2.18. The average Bonchev–Trinajstić information content (AvgIpc) is 2.76. The standard InChI is InChI=1S/C12H20N2S/c1-13-8-7-11-9-14-12(15-11)10-5-3-2-4-6-10/h9-10,13H,2-8H2,1H3. The molecular formula is C12H20N2S. The Morgan fingerprint density at radius 3 is 2.93 bits per heavy atom. The van der Waals surface area contributed by atoms with Gasteiger partial charge in [0.05, 0.1) is 5.01 Å². The molecular weight excluding hydrogens is 204 g/mol. The van der Waals surface area contributed by atoms with Gasteiger partial charge in [-0.1, -0.05) is 19.3 Å². The lowest BCUT2D eigenvalue weighted by atomic mass is 9.90. The van der Waals surface area contributed by atoms with Crippen molar-refractivity contribution in [1.82, 2.24) is 10.3 Å². The third-order valence-corrected chi connectivity index (χ3v) is 4.37. The van der Waals surface area contributed by atoms with E-state index in [0.717, 1.165) is 18.9 Å². The van der Waals surface area contributed by atoms with Crippen molar-refractivity contribution in [1.29, 1.82) is 0 Å². The SMILES string of the molecule is CNCCc1cnc(C2CCCCC2)s1. The van der Waals surface area contributed by atoms with Gasteiger partial charge in [0, 0.05) is 17.0 Å². The first-order valence-corrected chi connectivity index (χ1v) is 6.81. The van der Waals surface area contributed by atoms with E-state index in [9.17, 15) is 0 Å². The minimum absolute atomic E-state index is 0.770. The van der Waals surface area contributed by atoms with Crippen LogP contribution >= 0.6 is 11.3 Å². The summed E-state index contributed by atoms with van der Waals surface area (Å²) in [6.07, 6.45) is 10.1. The van der Waals surface area contributed by atoms with E-state index >= 15 is 0 Å². The summed E-state index contributed by atoms with van der Waals surface area (Å²) >= 11 is 1.93. The number of hydrogen-bond donors (Lipinski definition) is 1. The van der Waals surface area contributed by atoms with Gasteiger partial charge in [-0.2, -0.15) is 0 Å². The van der Waals surface area contributed by atoms with E-state index in [1.54, 1.807) is 0 Å². The largest absolute Gasteiger partial charge is 0.319 e. The number of nitrogens with zero attached hydrogens (tertiary/aromatic N) is 1. The number of aromatic nitrogens is 1. The first kappa shape index (κ1) is 11.1. The predicted octanol–water partition coefficient (Wildman–Crippen LogP) is 2.95. The maximum absolute atomic E-state index is 4.58. The second-order valence-corrected chi connectivity index (χ2v) is 5.50. The number of likely N-dealkylation sites (N-methyl/N-ethyl adjacent to an activating group) is 1. The predicted molar refractivity (Wildman–Crippen MR) is 65.6 cm³/mol. The Hall–Kier alpha value is -0.410. The second kappa shape index (κ2) is 5.61. The van der Waals surface area contributed by atoms with E-state index in [-0.39, 0.29) is 0 Å². The van der Waals surface area contributed by atoms with Gasteiger partial charge in [-0.25, -0.2) is 4.98 Å². The molecule has 2 nitrogen and oxygen atoms in total. The van der Waals surface area contributed by atoms with Crippen LogP contribution in [0.5, 0.6) is 0 Å². The fourth-order valence-electron chi connectivity index (χ4n) is 2.22. The highest BCUT2D eigenvalue weighted by Gasteiger charge is 2.18. The molecule has 0 bridgehead atoms. The van der Waals surface area contributed by atoms with Crippen molar-refractivity contribution in [3.63, 3.8) is 0 Å². The molecule has 1 fully saturated rings. The van der Waals surface area contributed by atoms with Crippen molar-refractivity contribution in [2.24, 2.45) is 0 Å². The van der Waals surface area contributed by atoms with Crippen LogP contribution < -0.4 is 5.32 Å². The molecule has 1 saturated carbocycles. The van der Waals surface area contributed by atoms with Crippen molar-refractivity contribution in [3.05, 3.63) is 16.1 Å². The van der Waals surface area contributed by atoms with E-state index < -0.39 is 0 Å². The number of hydrogen-bond acceptors (Lipinski definition) is 3. The molecule has 1 aromatic rings. The minimum atomic E-state index is 0.770. The summed E-state index contributed by atoms with van der Waals surface area (Å²) in [6.45, 7) is 1.06. The topological polar surface area (TPSA) is 24.9 Å². The maximum atomic E-state index is 4.58. The molecule has 0 atom stereocenters. The molecule has 15 heavy (non-hydrogen) atoms. The highest BCUT2D eigenvalue weighted by molar-refractivity contribution is 7.11. The fraction of sp³-hybridized carbons (Fsp3) is 0.750. The molecule has 0 radical (unpaired) electrons. The van der Waals surface area contributed by atoms with E-state index in [1.165, 1.54) is 42.0 Å². The van der Waals surface area contributed by atoms with Crippen LogP contribution in [0.3, 0.4) is 0 Å². The molecule has 0 spiro atoms. The van der Waals surface area contributed by atoms with Crippen molar-refractivity contribution >= 4 is 11.3 Å². The summed E-state index contributed by atoms with van der Waals surface area (Å²) in [5.41, 5.74) is 0. The highest BCUT2D eigenvalue weighted by Crippen LogP contribution is 2.34. The molecule has 1 aliphatic rings. The van der Waals surface area contributed by atoms with Gasteiger partial charge < -0.3 is 5.32 Å². The smallest absolute Gasteiger partial charge is 0.0958 e. The Labute approximate surface area is 96.1 Å². The number of nitrogens with one attached hydrogen (secondary N) is 1. The van der Waals surface area contributed by atoms with Crippen LogP contribution in [0, 0.1) is 0 Å². The zero-order valence-corrected chi connectivity index (χ0v) is 10.3. The van der Waals surface area contributed by atoms with E-state index in [1.807, 2.05) is 18.4 Å². The normalized spacial score (nSPS) is 18.2. The molecule has 2 rings (SSSR count). The summed E-state index contributed by atoms with van der Waals surface area (Å²) in [5.74, 6) is 0.770. The third-order valence-electron chi connectivity index (χ3n) is 3.15. The summed E-state index contributed by atoms with van der Waals surface area (Å²) in [6, 6.07) is 0. The first-order chi connectivity index (χ1) is 7.40. The van der Waals surface area contributed by atoms with Gasteiger partial charge in [-0.15, -0.1) is 11.3 Å². The van der Waals surface area contributed by atoms with Crippen molar-refractivity contribution in [3.8, 4) is 0 Å². The van der Waals surface area contributed by atoms with E-state index in [4.69, 9.17) is 0 Å². The van der Waals surface area contributed by atoms with Crippen LogP contribution in [0.1, 0.15) is 47.9 Å². The Balaban J connectivity index is 1.93. The molecule has 1 heterocycles. The molecule has 1 aromatic heterocycles. The van der Waals surface area contributed by atoms with Gasteiger partial charge in [0.25, 0.3) is 0 Å². The molecule has 0 amide bonds. The molecule has 0 aromatic carbocycles. The first-order valence-electron chi connectivity index (χ1n) is 5.99. The Kier molecular flexibility index (Phi) is 4.15. The second-order valence-electron chi connectivity index (χ2n) is 4.35. The summed E-state index contributed by atoms with van der Waals surface area (Å²) < 4.78 is 0. The number of thiazole rings is 1. The van der Waals surface area contributed by atoms with Gasteiger partial charge >= 0.3 is 0 Å². The van der Waals surface area contributed by atoms with Gasteiger partial charge in [0.2, 0.25) is 0 Å². The van der Waals surface area contributed by atoms with E-state index in [2.05, 4.69) is 16.5 Å². The van der Waals surface area contributed by atoms with Crippen LogP contribution in [-0.2, 0) is 6.42 Å². The third kappa shape index (κ3) is 3.02. The molecule has 3 heteroatoms. The van der Waals surface area contributed by atoms with Crippen molar-refractivity contribution in [2.45, 2.75) is 44.4 Å². The zero-order chi connectivity index (χ0) is 10.5. The van der Waals surface area contributed by atoms with Crippen molar-refractivity contribution in [2.75, 3.05) is 13.6 Å². The van der Waals surface area contributed by atoms with Crippen LogP contribution in [0.4, 0.5) is 0 Å². The number of rotatable bonds is 4. The molecule has 0 aliphatic heterocycles. The van der Waals surface area contributed by atoms with Crippen LogP contribution in [0.2, 0.25) is 0 Å². The summed E-state index contributed by atoms with van der Waals surface area (Å²) in [4.78, 5) is 6.02. The Morgan fingerprint density at radius 2 is 2.20 bits per heavy atom. The van der Waals surface area contributed by atoms with Gasteiger partial charge in [0.15, 0.2) is 0 Å². The van der Waals surface area contributed by atoms with Crippen LogP contribution in [0.25, 0.3) is 0 Å². The molecule has 84 valence electrons. The highest BCUT2D eigenvalue weighted by atomic mass is 32.1. The summed E-state index contributed by atoms with van der Waals surface area (Å²) in [5, 5.41) is 4.57. The summed E-state index contributed by atoms with van der Waals surface area (Å²) in [7, 11) is 2.00. The molecule has 1 aliphatic carbocycles. The zero-order valence-electron chi connectivity index (χ0n) is 9.46. The fourth-order valence-corrected chi connectivity index (χ4v) is 3.31. The van der Waals surface area contributed by atoms with Gasteiger partial charge in [-0.3, -0.25) is 0 Å².